The van der Waals surface area contributed by atoms with Crippen LogP contribution < -0.4 is 19.6 Å². The van der Waals surface area contributed by atoms with E-state index >= 15 is 0 Å². The van der Waals surface area contributed by atoms with E-state index in [-0.39, 0.29) is 0 Å². The second-order valence-electron chi connectivity index (χ2n) is 6.47. The van der Waals surface area contributed by atoms with Crippen molar-refractivity contribution in [1.29, 1.82) is 0 Å². The molecular weight excluding hydrogens is 409 g/mol. The smallest absolute Gasteiger partial charge is 0.416 e. The van der Waals surface area contributed by atoms with Crippen LogP contribution in [-0.4, -0.2) is 20.4 Å². The van der Waals surface area contributed by atoms with E-state index in [1.807, 2.05) is 30.3 Å². The first-order valence-corrected chi connectivity index (χ1v) is 9.30. The third-order valence-electron chi connectivity index (χ3n) is 4.33. The van der Waals surface area contributed by atoms with E-state index < -0.39 is 11.7 Å². The highest BCUT2D eigenvalue weighted by molar-refractivity contribution is 5.83. The Bertz CT molecular complexity index is 995. The lowest BCUT2D eigenvalue weighted by molar-refractivity contribution is -0.137. The van der Waals surface area contributed by atoms with Crippen LogP contribution in [0.1, 0.15) is 16.7 Å². The van der Waals surface area contributed by atoms with Crippen LogP contribution in [0.25, 0.3) is 0 Å². The van der Waals surface area contributed by atoms with Crippen molar-refractivity contribution in [2.75, 3.05) is 19.6 Å². The number of nitrogens with zero attached hydrogens (tertiary/aromatic N) is 1. The average Bonchev–Trinajstić information content (AvgIpc) is 2.78. The maximum absolute atomic E-state index is 12.6. The van der Waals surface area contributed by atoms with Gasteiger partial charge in [-0.05, 0) is 42.0 Å². The number of benzene rings is 3. The molecule has 3 aromatic carbocycles. The normalized spacial score (nSPS) is 11.4. The Hall–Kier alpha value is -3.68. The van der Waals surface area contributed by atoms with Crippen LogP contribution in [0, 0.1) is 0 Å². The van der Waals surface area contributed by atoms with E-state index in [0.29, 0.717) is 35.1 Å². The number of nitrogens with one attached hydrogen (secondary N) is 1. The van der Waals surface area contributed by atoms with Gasteiger partial charge in [0.1, 0.15) is 6.61 Å². The zero-order valence-corrected chi connectivity index (χ0v) is 16.9. The summed E-state index contributed by atoms with van der Waals surface area (Å²) in [5.74, 6) is 1.39. The van der Waals surface area contributed by atoms with Gasteiger partial charge in [-0.15, -0.1) is 0 Å². The molecule has 0 heterocycles. The first-order chi connectivity index (χ1) is 14.9. The quantitative estimate of drug-likeness (QED) is 0.365. The van der Waals surface area contributed by atoms with Gasteiger partial charge in [0.2, 0.25) is 5.75 Å². The molecule has 0 radical (unpaired) electrons. The van der Waals surface area contributed by atoms with Crippen LogP contribution >= 0.6 is 0 Å². The van der Waals surface area contributed by atoms with Gasteiger partial charge in [0.15, 0.2) is 11.5 Å². The number of anilines is 1. The fourth-order valence-corrected chi connectivity index (χ4v) is 2.76. The predicted molar refractivity (Wildman–Crippen MR) is 113 cm³/mol. The molecule has 0 aromatic heterocycles. The molecule has 0 atom stereocenters. The van der Waals surface area contributed by atoms with Crippen molar-refractivity contribution < 1.29 is 27.4 Å². The third-order valence-corrected chi connectivity index (χ3v) is 4.33. The van der Waals surface area contributed by atoms with Crippen molar-refractivity contribution in [3.8, 4) is 17.2 Å². The predicted octanol–water partition coefficient (Wildman–Crippen LogP) is 5.75. The maximum atomic E-state index is 12.6. The molecule has 0 bridgehead atoms. The molecule has 31 heavy (non-hydrogen) atoms. The molecular formula is C23H21F3N2O3. The minimum atomic E-state index is -4.38. The molecule has 0 amide bonds. The second-order valence-corrected chi connectivity index (χ2v) is 6.47. The van der Waals surface area contributed by atoms with Crippen LogP contribution in [0.15, 0.2) is 71.8 Å². The highest BCUT2D eigenvalue weighted by atomic mass is 19.4. The molecule has 8 heteroatoms. The van der Waals surface area contributed by atoms with Crippen molar-refractivity contribution in [1.82, 2.24) is 0 Å². The molecule has 1 N–H and O–H groups in total. The number of hydrogen-bond acceptors (Lipinski definition) is 5. The highest BCUT2D eigenvalue weighted by Crippen LogP contribution is 2.38. The second kappa shape index (κ2) is 9.88. The van der Waals surface area contributed by atoms with Crippen LogP contribution in [0.2, 0.25) is 0 Å². The molecule has 0 aliphatic carbocycles. The van der Waals surface area contributed by atoms with Gasteiger partial charge in [0.05, 0.1) is 31.7 Å². The Morgan fingerprint density at radius 3 is 2.06 bits per heavy atom. The molecule has 162 valence electrons. The zero-order valence-electron chi connectivity index (χ0n) is 16.9. The number of methoxy groups -OCH3 is 2. The third kappa shape index (κ3) is 5.91. The fourth-order valence-electron chi connectivity index (χ4n) is 2.76. The molecule has 0 aliphatic heterocycles. The Balaban J connectivity index is 1.72. The molecule has 3 rings (SSSR count). The SMILES string of the molecule is COc1cc(C=NNc2ccc(C(F)(F)F)cc2)cc(OC)c1OCc1ccccc1. The zero-order chi connectivity index (χ0) is 22.3. The number of hydrazone groups is 1. The van der Waals surface area contributed by atoms with Crippen LogP contribution in [0.5, 0.6) is 17.2 Å². The lowest BCUT2D eigenvalue weighted by atomic mass is 10.2. The number of hydrogen-bond donors (Lipinski definition) is 1. The van der Waals surface area contributed by atoms with E-state index in [1.54, 1.807) is 12.1 Å². The summed E-state index contributed by atoms with van der Waals surface area (Å²) < 4.78 is 54.7. The van der Waals surface area contributed by atoms with E-state index in [2.05, 4.69) is 10.5 Å². The number of halogens is 3. The average molecular weight is 430 g/mol. The summed E-state index contributed by atoms with van der Waals surface area (Å²) in [4.78, 5) is 0. The summed E-state index contributed by atoms with van der Waals surface area (Å²) in [5, 5.41) is 4.07. The summed E-state index contributed by atoms with van der Waals surface area (Å²) >= 11 is 0. The molecule has 0 spiro atoms. The van der Waals surface area contributed by atoms with Gasteiger partial charge in [-0.1, -0.05) is 30.3 Å². The monoisotopic (exact) mass is 430 g/mol. The molecule has 0 unspecified atom stereocenters. The van der Waals surface area contributed by atoms with E-state index in [1.165, 1.54) is 32.6 Å². The Labute approximate surface area is 178 Å². The minimum absolute atomic E-state index is 0.344. The first kappa shape index (κ1) is 22.0. The van der Waals surface area contributed by atoms with Crippen LogP contribution in [0.3, 0.4) is 0 Å². The van der Waals surface area contributed by atoms with Gasteiger partial charge in [0, 0.05) is 5.56 Å². The van der Waals surface area contributed by atoms with E-state index in [4.69, 9.17) is 14.2 Å². The van der Waals surface area contributed by atoms with Gasteiger partial charge in [-0.3, -0.25) is 5.43 Å². The Kier molecular flexibility index (Phi) is 7.02. The van der Waals surface area contributed by atoms with Gasteiger partial charge in [0.25, 0.3) is 0 Å². The lowest BCUT2D eigenvalue weighted by Gasteiger charge is -2.15. The van der Waals surface area contributed by atoms with E-state index in [0.717, 1.165) is 17.7 Å². The van der Waals surface area contributed by atoms with Crippen molar-refractivity contribution in [3.05, 3.63) is 83.4 Å². The molecule has 0 saturated heterocycles. The fraction of sp³-hybridized carbons (Fsp3) is 0.174. The Morgan fingerprint density at radius 1 is 0.903 bits per heavy atom. The molecule has 0 aliphatic rings. The van der Waals surface area contributed by atoms with Gasteiger partial charge in [-0.2, -0.15) is 18.3 Å². The van der Waals surface area contributed by atoms with Crippen molar-refractivity contribution in [2.45, 2.75) is 12.8 Å². The van der Waals surface area contributed by atoms with Crippen LogP contribution in [0.4, 0.5) is 18.9 Å². The summed E-state index contributed by atoms with van der Waals surface area (Å²) in [6, 6.07) is 17.7. The molecule has 0 fully saturated rings. The van der Waals surface area contributed by atoms with Gasteiger partial charge in [-0.25, -0.2) is 0 Å². The maximum Gasteiger partial charge on any atom is 0.416 e. The van der Waals surface area contributed by atoms with Gasteiger partial charge < -0.3 is 14.2 Å². The standard InChI is InChI=1S/C23H21F3N2O3/c1-29-20-12-17(14-27-28-19-10-8-18(9-11-19)23(24,25)26)13-21(30-2)22(20)31-15-16-6-4-3-5-7-16/h3-14,28H,15H2,1-2H3. The lowest BCUT2D eigenvalue weighted by Crippen LogP contribution is -2.04. The van der Waals surface area contributed by atoms with E-state index in [9.17, 15) is 13.2 Å². The summed E-state index contributed by atoms with van der Waals surface area (Å²) in [6.07, 6.45) is -2.87. The first-order valence-electron chi connectivity index (χ1n) is 9.30. The van der Waals surface area contributed by atoms with Crippen molar-refractivity contribution >= 4 is 11.9 Å². The largest absolute Gasteiger partial charge is 0.493 e. The van der Waals surface area contributed by atoms with Gasteiger partial charge >= 0.3 is 6.18 Å². The van der Waals surface area contributed by atoms with Crippen molar-refractivity contribution in [3.63, 3.8) is 0 Å². The minimum Gasteiger partial charge on any atom is -0.493 e. The molecule has 5 nitrogen and oxygen atoms in total. The number of alkyl halides is 3. The number of ether oxygens (including phenoxy) is 3. The van der Waals surface area contributed by atoms with Crippen molar-refractivity contribution in [2.24, 2.45) is 5.10 Å². The Morgan fingerprint density at radius 2 is 1.52 bits per heavy atom. The topological polar surface area (TPSA) is 52.1 Å². The van der Waals surface area contributed by atoms with Crippen LogP contribution in [-0.2, 0) is 12.8 Å². The highest BCUT2D eigenvalue weighted by Gasteiger charge is 2.29. The summed E-state index contributed by atoms with van der Waals surface area (Å²) in [6.45, 7) is 0.344. The molecule has 3 aromatic rings. The summed E-state index contributed by atoms with van der Waals surface area (Å²) in [7, 11) is 3.04. The molecule has 0 saturated carbocycles. The summed E-state index contributed by atoms with van der Waals surface area (Å²) in [5.41, 5.74) is 4.05. The number of rotatable bonds is 8.